The highest BCUT2D eigenvalue weighted by Crippen LogP contribution is 2.25. The Morgan fingerprint density at radius 3 is 2.91 bits per heavy atom. The Hall–Kier alpha value is -2.00. The molecule has 1 unspecified atom stereocenters. The Labute approximate surface area is 132 Å². The second-order valence-corrected chi connectivity index (χ2v) is 5.78. The number of para-hydroxylation sites is 2. The molecule has 2 aromatic carbocycles. The Balaban J connectivity index is 1.60. The van der Waals surface area contributed by atoms with Crippen LogP contribution in [0.2, 0.25) is 0 Å². The minimum atomic E-state index is 0.241. The molecule has 1 atom stereocenters. The van der Waals surface area contributed by atoms with E-state index in [2.05, 4.69) is 42.6 Å². The molecule has 0 aliphatic carbocycles. The minimum Gasteiger partial charge on any atom is -0.489 e. The van der Waals surface area contributed by atoms with Gasteiger partial charge < -0.3 is 14.8 Å². The molecule has 22 heavy (non-hydrogen) atoms. The maximum absolute atomic E-state index is 5.95. The first-order valence-electron chi connectivity index (χ1n) is 7.94. The lowest BCUT2D eigenvalue weighted by molar-refractivity contribution is 0.0682. The molecule has 1 saturated heterocycles. The largest absolute Gasteiger partial charge is 0.489 e. The van der Waals surface area contributed by atoms with Gasteiger partial charge in [0.2, 0.25) is 0 Å². The highest BCUT2D eigenvalue weighted by Gasteiger charge is 2.16. The molecule has 1 aliphatic rings. The standard InChI is InChI=1S/C19H23NO2/c1-15-6-4-7-16(12-15)13-20-18-9-2-3-10-19(18)22-14-17-8-5-11-21-17/h2-4,6-7,9-10,12,17,20H,5,8,11,13-14H2,1H3. The van der Waals surface area contributed by atoms with E-state index >= 15 is 0 Å². The van der Waals surface area contributed by atoms with Crippen molar-refractivity contribution < 1.29 is 9.47 Å². The van der Waals surface area contributed by atoms with Gasteiger partial charge in [0.25, 0.3) is 0 Å². The van der Waals surface area contributed by atoms with Crippen LogP contribution in [-0.4, -0.2) is 19.3 Å². The van der Waals surface area contributed by atoms with E-state index in [0.717, 1.165) is 37.4 Å². The fourth-order valence-electron chi connectivity index (χ4n) is 2.72. The normalized spacial score (nSPS) is 17.4. The average molecular weight is 297 g/mol. The summed E-state index contributed by atoms with van der Waals surface area (Å²) in [6.07, 6.45) is 2.48. The van der Waals surface area contributed by atoms with E-state index in [-0.39, 0.29) is 6.10 Å². The van der Waals surface area contributed by atoms with Gasteiger partial charge in [0.15, 0.2) is 0 Å². The fraction of sp³-hybridized carbons (Fsp3) is 0.368. The summed E-state index contributed by atoms with van der Waals surface area (Å²) >= 11 is 0. The smallest absolute Gasteiger partial charge is 0.142 e. The van der Waals surface area contributed by atoms with Gasteiger partial charge in [-0.25, -0.2) is 0 Å². The van der Waals surface area contributed by atoms with Gasteiger partial charge in [-0.1, -0.05) is 42.0 Å². The third kappa shape index (κ3) is 4.01. The highest BCUT2D eigenvalue weighted by molar-refractivity contribution is 5.56. The minimum absolute atomic E-state index is 0.241. The van der Waals surface area contributed by atoms with Crippen molar-refractivity contribution >= 4 is 5.69 Å². The lowest BCUT2D eigenvalue weighted by Crippen LogP contribution is -2.16. The van der Waals surface area contributed by atoms with Gasteiger partial charge >= 0.3 is 0 Å². The van der Waals surface area contributed by atoms with Gasteiger partial charge in [0, 0.05) is 13.2 Å². The van der Waals surface area contributed by atoms with Crippen LogP contribution < -0.4 is 10.1 Å². The summed E-state index contributed by atoms with van der Waals surface area (Å²) in [5.74, 6) is 0.894. The van der Waals surface area contributed by atoms with Crippen molar-refractivity contribution in [2.24, 2.45) is 0 Å². The zero-order valence-corrected chi connectivity index (χ0v) is 13.0. The fourth-order valence-corrected chi connectivity index (χ4v) is 2.72. The van der Waals surface area contributed by atoms with Gasteiger partial charge in [-0.15, -0.1) is 0 Å². The zero-order chi connectivity index (χ0) is 15.2. The van der Waals surface area contributed by atoms with Crippen molar-refractivity contribution in [3.05, 3.63) is 59.7 Å². The number of aryl methyl sites for hydroxylation is 1. The van der Waals surface area contributed by atoms with E-state index in [0.29, 0.717) is 6.61 Å². The molecule has 1 N–H and O–H groups in total. The molecule has 0 amide bonds. The van der Waals surface area contributed by atoms with Gasteiger partial charge in [0.1, 0.15) is 12.4 Å². The molecule has 1 heterocycles. The van der Waals surface area contributed by atoms with E-state index in [1.165, 1.54) is 11.1 Å². The third-order valence-corrected chi connectivity index (χ3v) is 3.90. The molecule has 116 valence electrons. The quantitative estimate of drug-likeness (QED) is 0.868. The van der Waals surface area contributed by atoms with E-state index in [4.69, 9.17) is 9.47 Å². The van der Waals surface area contributed by atoms with Crippen LogP contribution in [0.1, 0.15) is 24.0 Å². The number of ether oxygens (including phenoxy) is 2. The molecule has 3 nitrogen and oxygen atoms in total. The number of nitrogens with one attached hydrogen (secondary N) is 1. The summed E-state index contributed by atoms with van der Waals surface area (Å²) in [4.78, 5) is 0. The number of hydrogen-bond acceptors (Lipinski definition) is 3. The van der Waals surface area contributed by atoms with Crippen LogP contribution in [0.3, 0.4) is 0 Å². The maximum Gasteiger partial charge on any atom is 0.142 e. The topological polar surface area (TPSA) is 30.5 Å². The summed E-state index contributed by atoms with van der Waals surface area (Å²) in [7, 11) is 0. The van der Waals surface area contributed by atoms with Crippen molar-refractivity contribution in [3.8, 4) is 5.75 Å². The second kappa shape index (κ2) is 7.32. The van der Waals surface area contributed by atoms with Crippen molar-refractivity contribution in [1.29, 1.82) is 0 Å². The van der Waals surface area contributed by atoms with E-state index < -0.39 is 0 Å². The van der Waals surface area contributed by atoms with Crippen LogP contribution in [-0.2, 0) is 11.3 Å². The van der Waals surface area contributed by atoms with Crippen LogP contribution in [0, 0.1) is 6.92 Å². The Kier molecular flexibility index (Phi) is 4.96. The maximum atomic E-state index is 5.95. The molecule has 3 heteroatoms. The lowest BCUT2D eigenvalue weighted by atomic mass is 10.1. The summed E-state index contributed by atoms with van der Waals surface area (Å²) < 4.78 is 11.6. The molecule has 0 spiro atoms. The Morgan fingerprint density at radius 1 is 1.18 bits per heavy atom. The van der Waals surface area contributed by atoms with Crippen molar-refractivity contribution in [1.82, 2.24) is 0 Å². The molecule has 2 aromatic rings. The van der Waals surface area contributed by atoms with Gasteiger partial charge in [0.05, 0.1) is 11.8 Å². The first kappa shape index (κ1) is 14.9. The van der Waals surface area contributed by atoms with Crippen LogP contribution >= 0.6 is 0 Å². The Bertz CT molecular complexity index is 606. The van der Waals surface area contributed by atoms with Gasteiger partial charge in [-0.2, -0.15) is 0 Å². The van der Waals surface area contributed by atoms with E-state index in [1.807, 2.05) is 18.2 Å². The first-order valence-corrected chi connectivity index (χ1v) is 7.94. The predicted molar refractivity (Wildman–Crippen MR) is 89.4 cm³/mol. The number of anilines is 1. The molecule has 0 saturated carbocycles. The summed E-state index contributed by atoms with van der Waals surface area (Å²) in [5, 5.41) is 3.47. The molecule has 0 bridgehead atoms. The van der Waals surface area contributed by atoms with E-state index in [1.54, 1.807) is 0 Å². The third-order valence-electron chi connectivity index (χ3n) is 3.90. The molecule has 0 aromatic heterocycles. The van der Waals surface area contributed by atoms with Gasteiger partial charge in [-0.05, 0) is 37.5 Å². The summed E-state index contributed by atoms with van der Waals surface area (Å²) in [6.45, 7) is 4.40. The molecule has 3 rings (SSSR count). The Morgan fingerprint density at radius 2 is 2.09 bits per heavy atom. The predicted octanol–water partition coefficient (Wildman–Crippen LogP) is 4.16. The van der Waals surface area contributed by atoms with E-state index in [9.17, 15) is 0 Å². The van der Waals surface area contributed by atoms with Crippen LogP contribution in [0.25, 0.3) is 0 Å². The average Bonchev–Trinajstić information content (AvgIpc) is 3.05. The number of rotatable bonds is 6. The van der Waals surface area contributed by atoms with Crippen LogP contribution in [0.5, 0.6) is 5.75 Å². The van der Waals surface area contributed by atoms with Crippen LogP contribution in [0.4, 0.5) is 5.69 Å². The highest BCUT2D eigenvalue weighted by atomic mass is 16.5. The van der Waals surface area contributed by atoms with Crippen LogP contribution in [0.15, 0.2) is 48.5 Å². The molecule has 1 fully saturated rings. The second-order valence-electron chi connectivity index (χ2n) is 5.78. The monoisotopic (exact) mass is 297 g/mol. The summed E-state index contributed by atoms with van der Waals surface area (Å²) in [5.41, 5.74) is 3.58. The molecule has 1 aliphatic heterocycles. The lowest BCUT2D eigenvalue weighted by Gasteiger charge is -2.15. The van der Waals surface area contributed by atoms with Crippen molar-refractivity contribution in [2.45, 2.75) is 32.4 Å². The van der Waals surface area contributed by atoms with Crippen molar-refractivity contribution in [3.63, 3.8) is 0 Å². The SMILES string of the molecule is Cc1cccc(CNc2ccccc2OCC2CCCO2)c1. The molecular formula is C19H23NO2. The summed E-state index contributed by atoms with van der Waals surface area (Å²) in [6, 6.07) is 16.6. The van der Waals surface area contributed by atoms with Gasteiger partial charge in [-0.3, -0.25) is 0 Å². The first-order chi connectivity index (χ1) is 10.8. The molecular weight excluding hydrogens is 274 g/mol. The van der Waals surface area contributed by atoms with Crippen molar-refractivity contribution in [2.75, 3.05) is 18.5 Å². The number of hydrogen-bond donors (Lipinski definition) is 1. The number of benzene rings is 2. The molecule has 0 radical (unpaired) electrons. The zero-order valence-electron chi connectivity index (χ0n) is 13.0.